The first-order chi connectivity index (χ1) is 11.9. The second-order valence-corrected chi connectivity index (χ2v) is 6.77. The molecule has 0 aromatic carbocycles. The maximum Gasteiger partial charge on any atom is 0.352 e. The summed E-state index contributed by atoms with van der Waals surface area (Å²) < 4.78 is 1.81. The summed E-state index contributed by atoms with van der Waals surface area (Å²) in [5, 5.41) is 9.15. The fourth-order valence-corrected chi connectivity index (χ4v) is 3.99. The number of pyridine rings is 1. The Labute approximate surface area is 147 Å². The molecule has 1 fully saturated rings. The molecule has 0 saturated carbocycles. The van der Waals surface area contributed by atoms with Crippen LogP contribution in [-0.4, -0.2) is 45.0 Å². The average Bonchev–Trinajstić information content (AvgIpc) is 2.60. The van der Waals surface area contributed by atoms with Crippen LogP contribution in [0.4, 0.5) is 0 Å². The van der Waals surface area contributed by atoms with Crippen LogP contribution >= 0.6 is 11.8 Å². The number of aromatic nitrogens is 1. The van der Waals surface area contributed by atoms with E-state index in [1.54, 1.807) is 36.7 Å². The van der Waals surface area contributed by atoms with Gasteiger partial charge in [0, 0.05) is 17.9 Å². The van der Waals surface area contributed by atoms with E-state index in [1.165, 1.54) is 16.7 Å². The van der Waals surface area contributed by atoms with E-state index >= 15 is 0 Å². The molecule has 1 aromatic heterocycles. The Kier molecular flexibility index (Phi) is 4.60. The van der Waals surface area contributed by atoms with E-state index < -0.39 is 17.9 Å². The maximum atomic E-state index is 11.9. The van der Waals surface area contributed by atoms with Gasteiger partial charge in [-0.2, -0.15) is 0 Å². The van der Waals surface area contributed by atoms with Crippen molar-refractivity contribution in [1.29, 1.82) is 0 Å². The molecule has 2 atom stereocenters. The quantitative estimate of drug-likeness (QED) is 0.465. The molecule has 3 heterocycles. The van der Waals surface area contributed by atoms with Gasteiger partial charge in [0.2, 0.25) is 11.8 Å². The fourth-order valence-electron chi connectivity index (χ4n) is 2.73. The van der Waals surface area contributed by atoms with E-state index in [1.807, 2.05) is 4.57 Å². The number of carboxylic acid groups (broad SMARTS) is 1. The Hall–Kier alpha value is -2.65. The van der Waals surface area contributed by atoms with E-state index in [2.05, 4.69) is 0 Å². The number of thioether (sulfide) groups is 1. The van der Waals surface area contributed by atoms with Crippen molar-refractivity contribution >= 4 is 29.5 Å². The number of primary amides is 1. The number of aliphatic carboxylic acids is 1. The molecule has 0 radical (unpaired) electrons. The molecule has 2 aliphatic heterocycles. The molecule has 0 bridgehead atoms. The number of carbonyl (C=O) groups excluding carboxylic acids is 2. The van der Waals surface area contributed by atoms with Crippen LogP contribution in [0.15, 0.2) is 47.9 Å². The third kappa shape index (κ3) is 3.15. The number of carbonyl (C=O) groups is 3. The topological polar surface area (TPSA) is 131 Å². The largest absolute Gasteiger partial charge is 0.477 e. The summed E-state index contributed by atoms with van der Waals surface area (Å²) in [6.45, 7) is 0.483. The van der Waals surface area contributed by atoms with Crippen molar-refractivity contribution in [3.63, 3.8) is 0 Å². The van der Waals surface area contributed by atoms with Crippen LogP contribution in [0.2, 0.25) is 0 Å². The first kappa shape index (κ1) is 17.2. The van der Waals surface area contributed by atoms with Crippen LogP contribution in [0.25, 0.3) is 0 Å². The maximum absolute atomic E-state index is 11.9. The van der Waals surface area contributed by atoms with Gasteiger partial charge in [0.25, 0.3) is 0 Å². The van der Waals surface area contributed by atoms with Crippen molar-refractivity contribution < 1.29 is 24.1 Å². The van der Waals surface area contributed by atoms with Crippen LogP contribution in [-0.2, 0) is 16.1 Å². The Balaban J connectivity index is 1.76. The van der Waals surface area contributed by atoms with E-state index in [4.69, 9.17) is 11.5 Å². The lowest BCUT2D eigenvalue weighted by molar-refractivity contribution is -0.687. The van der Waals surface area contributed by atoms with E-state index in [-0.39, 0.29) is 17.0 Å². The third-order valence-corrected chi connectivity index (χ3v) is 5.38. The predicted octanol–water partition coefficient (Wildman–Crippen LogP) is -0.790. The molecule has 1 aromatic rings. The van der Waals surface area contributed by atoms with Crippen molar-refractivity contribution in [1.82, 2.24) is 4.90 Å². The molecule has 8 nitrogen and oxygen atoms in total. The number of β-lactam (4-membered cyclic amide) rings is 1. The Bertz CT molecular complexity index is 803. The molecule has 3 rings (SSSR count). The predicted molar refractivity (Wildman–Crippen MR) is 90.0 cm³/mol. The molecule has 2 aliphatic rings. The third-order valence-electron chi connectivity index (χ3n) is 4.05. The van der Waals surface area contributed by atoms with Gasteiger partial charge in [-0.1, -0.05) is 6.08 Å². The highest BCUT2D eigenvalue weighted by Crippen LogP contribution is 2.39. The molecular weight excluding hydrogens is 344 g/mol. The van der Waals surface area contributed by atoms with Crippen molar-refractivity contribution in [2.24, 2.45) is 11.5 Å². The Morgan fingerprint density at radius 1 is 1.40 bits per heavy atom. The number of hydrogen-bond donors (Lipinski definition) is 3. The highest BCUT2D eigenvalue weighted by atomic mass is 32.2. The SMILES string of the molecule is NC(=O)c1cc[n+](C/C=C/C2=C(C(=O)O)N3C(=O)C(N)[C@@H]3SC2)cc1. The van der Waals surface area contributed by atoms with Crippen molar-refractivity contribution in [3.05, 3.63) is 53.5 Å². The molecule has 130 valence electrons. The van der Waals surface area contributed by atoms with Crippen molar-refractivity contribution in [3.8, 4) is 0 Å². The van der Waals surface area contributed by atoms with Crippen molar-refractivity contribution in [2.75, 3.05) is 5.75 Å². The zero-order valence-corrected chi connectivity index (χ0v) is 14.0. The molecule has 1 unspecified atom stereocenters. The van der Waals surface area contributed by atoms with Crippen LogP contribution in [0.3, 0.4) is 0 Å². The Morgan fingerprint density at radius 3 is 2.68 bits per heavy atom. The van der Waals surface area contributed by atoms with Gasteiger partial charge in [-0.05, 0) is 11.6 Å². The number of amides is 2. The number of carboxylic acids is 1. The average molecular weight is 361 g/mol. The fraction of sp³-hybridized carbons (Fsp3) is 0.250. The van der Waals surface area contributed by atoms with Gasteiger partial charge in [0.05, 0.1) is 5.56 Å². The first-order valence-electron chi connectivity index (χ1n) is 7.52. The van der Waals surface area contributed by atoms with E-state index in [0.29, 0.717) is 23.4 Å². The summed E-state index contributed by atoms with van der Waals surface area (Å²) in [4.78, 5) is 35.7. The van der Waals surface area contributed by atoms with Crippen LogP contribution in [0.1, 0.15) is 10.4 Å². The summed E-state index contributed by atoms with van der Waals surface area (Å²) in [5.41, 5.74) is 11.9. The van der Waals surface area contributed by atoms with E-state index in [9.17, 15) is 19.5 Å². The van der Waals surface area contributed by atoms with Crippen LogP contribution in [0.5, 0.6) is 0 Å². The summed E-state index contributed by atoms with van der Waals surface area (Å²) in [6, 6.07) is 2.59. The lowest BCUT2D eigenvalue weighted by atomic mass is 10.0. The minimum Gasteiger partial charge on any atom is -0.477 e. The van der Waals surface area contributed by atoms with Gasteiger partial charge in [0.15, 0.2) is 18.9 Å². The lowest BCUT2D eigenvalue weighted by Crippen LogP contribution is -2.68. The minimum absolute atomic E-state index is 0.000719. The molecular formula is C16H17N4O4S+. The van der Waals surface area contributed by atoms with Crippen molar-refractivity contribution in [2.45, 2.75) is 18.0 Å². The molecule has 2 amide bonds. The number of hydrogen-bond acceptors (Lipinski definition) is 5. The molecule has 25 heavy (non-hydrogen) atoms. The standard InChI is InChI=1S/C16H16N4O4S/c17-11-14(22)20-12(16(23)24)10(8-25-15(11)20)2-1-5-19-6-3-9(4-7-19)13(18)21/h1-4,6-7,11,15H,5,8,17H2,(H2-,18,21,23,24)/p+1/b2-1+/t11?,15-/m0/s1. The molecule has 1 saturated heterocycles. The molecule has 5 N–H and O–H groups in total. The first-order valence-corrected chi connectivity index (χ1v) is 8.57. The number of nitrogens with two attached hydrogens (primary N) is 2. The summed E-state index contributed by atoms with van der Waals surface area (Å²) in [5.74, 6) is -1.52. The lowest BCUT2D eigenvalue weighted by Gasteiger charge is -2.47. The number of rotatable bonds is 5. The van der Waals surface area contributed by atoms with Crippen LogP contribution < -0.4 is 16.0 Å². The van der Waals surface area contributed by atoms with Gasteiger partial charge in [0.1, 0.15) is 17.1 Å². The second kappa shape index (κ2) is 6.69. The number of allylic oxidation sites excluding steroid dienone is 2. The van der Waals surface area contributed by atoms with E-state index in [0.717, 1.165) is 0 Å². The monoisotopic (exact) mass is 361 g/mol. The highest BCUT2D eigenvalue weighted by molar-refractivity contribution is 8.00. The summed E-state index contributed by atoms with van der Waals surface area (Å²) in [7, 11) is 0. The Morgan fingerprint density at radius 2 is 2.08 bits per heavy atom. The normalized spacial score (nSPS) is 22.8. The summed E-state index contributed by atoms with van der Waals surface area (Å²) >= 11 is 1.45. The van der Waals surface area contributed by atoms with Gasteiger partial charge in [-0.25, -0.2) is 9.36 Å². The molecule has 0 aliphatic carbocycles. The second-order valence-electron chi connectivity index (χ2n) is 5.66. The summed E-state index contributed by atoms with van der Waals surface area (Å²) in [6.07, 6.45) is 6.92. The minimum atomic E-state index is -1.14. The molecule has 0 spiro atoms. The van der Waals surface area contributed by atoms with Gasteiger partial charge < -0.3 is 16.6 Å². The zero-order valence-electron chi connectivity index (χ0n) is 13.2. The van der Waals surface area contributed by atoms with Crippen LogP contribution in [0, 0.1) is 0 Å². The molecule has 9 heteroatoms. The number of nitrogens with zero attached hydrogens (tertiary/aromatic N) is 2. The van der Waals surface area contributed by atoms with Gasteiger partial charge in [-0.15, -0.1) is 11.8 Å². The van der Waals surface area contributed by atoms with Gasteiger partial charge in [-0.3, -0.25) is 14.5 Å². The zero-order chi connectivity index (χ0) is 18.1. The number of fused-ring (bicyclic) bond motifs is 1. The smallest absolute Gasteiger partial charge is 0.352 e. The highest BCUT2D eigenvalue weighted by Gasteiger charge is 2.51. The van der Waals surface area contributed by atoms with Gasteiger partial charge >= 0.3 is 5.97 Å².